The van der Waals surface area contributed by atoms with Gasteiger partial charge in [-0.25, -0.2) is 0 Å². The molecule has 0 fully saturated rings. The number of hydrogen-bond donors (Lipinski definition) is 1. The van der Waals surface area contributed by atoms with E-state index in [-0.39, 0.29) is 5.56 Å². The van der Waals surface area contributed by atoms with Crippen LogP contribution in [-0.2, 0) is 0 Å². The first kappa shape index (κ1) is 14.4. The lowest BCUT2D eigenvalue weighted by molar-refractivity contribution is 0.100. The molecule has 0 radical (unpaired) electrons. The molecule has 0 aliphatic rings. The Morgan fingerprint density at radius 2 is 1.77 bits per heavy atom. The monoisotopic (exact) mass is 312 g/mol. The number of primary amides is 1. The molecule has 0 saturated heterocycles. The molecule has 0 spiro atoms. The van der Waals surface area contributed by atoms with Crippen LogP contribution in [0.1, 0.15) is 16.1 Å². The molecule has 0 aliphatic carbocycles. The van der Waals surface area contributed by atoms with Crippen LogP contribution >= 0.6 is 11.6 Å². The first-order valence-electron chi connectivity index (χ1n) is 6.71. The molecule has 5 heteroatoms. The number of nitrogens with two attached hydrogens (primary N) is 1. The molecule has 0 atom stereocenters. The number of amides is 1. The lowest BCUT2D eigenvalue weighted by Gasteiger charge is -2.15. The molecule has 2 N–H and O–H groups in total. The van der Waals surface area contributed by atoms with Gasteiger partial charge in [0.2, 0.25) is 0 Å². The first-order chi connectivity index (χ1) is 10.5. The Bertz CT molecular complexity index is 946. The number of fused-ring (bicyclic) bond motifs is 1. The minimum atomic E-state index is -0.575. The zero-order chi connectivity index (χ0) is 15.9. The number of carbonyl (C=O) groups is 1. The molecule has 0 saturated carbocycles. The van der Waals surface area contributed by atoms with Crippen molar-refractivity contribution < 1.29 is 4.79 Å². The summed E-state index contributed by atoms with van der Waals surface area (Å²) in [5, 5.41) is 1.32. The molecule has 3 rings (SSSR count). The maximum atomic E-state index is 12.8. The van der Waals surface area contributed by atoms with E-state index in [9.17, 15) is 9.59 Å². The van der Waals surface area contributed by atoms with Crippen molar-refractivity contribution in [3.05, 3.63) is 75.2 Å². The average molecular weight is 313 g/mol. The molecular weight excluding hydrogens is 300 g/mol. The number of hydrogen-bond acceptors (Lipinski definition) is 2. The number of halogens is 1. The molecular formula is C17H13ClN2O2. The van der Waals surface area contributed by atoms with Crippen LogP contribution < -0.4 is 11.3 Å². The second-order valence-corrected chi connectivity index (χ2v) is 5.43. The zero-order valence-corrected chi connectivity index (χ0v) is 12.6. The lowest BCUT2D eigenvalue weighted by Crippen LogP contribution is -2.26. The topological polar surface area (TPSA) is 65.1 Å². The molecule has 22 heavy (non-hydrogen) atoms. The van der Waals surface area contributed by atoms with Gasteiger partial charge in [-0.15, -0.1) is 0 Å². The maximum Gasteiger partial charge on any atom is 0.263 e. The molecule has 4 nitrogen and oxygen atoms in total. The SMILES string of the molecule is Cc1c(C(N)=O)c2ccc(Cl)cc2c(=O)n1-c1ccccc1. The highest BCUT2D eigenvalue weighted by Gasteiger charge is 2.18. The Labute approximate surface area is 131 Å². The van der Waals surface area contributed by atoms with E-state index in [2.05, 4.69) is 0 Å². The summed E-state index contributed by atoms with van der Waals surface area (Å²) in [7, 11) is 0. The van der Waals surface area contributed by atoms with Gasteiger partial charge in [0.25, 0.3) is 11.5 Å². The van der Waals surface area contributed by atoms with Crippen LogP contribution in [0, 0.1) is 6.92 Å². The highest BCUT2D eigenvalue weighted by atomic mass is 35.5. The fourth-order valence-electron chi connectivity index (χ4n) is 2.69. The van der Waals surface area contributed by atoms with Crippen molar-refractivity contribution in [2.24, 2.45) is 5.73 Å². The molecule has 1 amide bonds. The van der Waals surface area contributed by atoms with Gasteiger partial charge in [-0.2, -0.15) is 0 Å². The number of pyridine rings is 1. The molecule has 1 heterocycles. The summed E-state index contributed by atoms with van der Waals surface area (Å²) in [6.45, 7) is 1.71. The van der Waals surface area contributed by atoms with E-state index in [1.807, 2.05) is 18.2 Å². The summed E-state index contributed by atoms with van der Waals surface area (Å²) < 4.78 is 1.48. The van der Waals surface area contributed by atoms with E-state index in [1.54, 1.807) is 37.3 Å². The molecule has 2 aromatic carbocycles. The van der Waals surface area contributed by atoms with Crippen molar-refractivity contribution in [2.75, 3.05) is 0 Å². The highest BCUT2D eigenvalue weighted by Crippen LogP contribution is 2.24. The van der Waals surface area contributed by atoms with Crippen molar-refractivity contribution in [1.29, 1.82) is 0 Å². The quantitative estimate of drug-likeness (QED) is 0.790. The van der Waals surface area contributed by atoms with Gasteiger partial charge in [0.05, 0.1) is 5.56 Å². The van der Waals surface area contributed by atoms with E-state index >= 15 is 0 Å². The zero-order valence-electron chi connectivity index (χ0n) is 11.8. The predicted molar refractivity (Wildman–Crippen MR) is 87.8 cm³/mol. The third kappa shape index (κ3) is 2.18. The van der Waals surface area contributed by atoms with Gasteiger partial charge < -0.3 is 5.73 Å². The van der Waals surface area contributed by atoms with Crippen molar-refractivity contribution in [3.63, 3.8) is 0 Å². The van der Waals surface area contributed by atoms with E-state index in [0.717, 1.165) is 0 Å². The third-order valence-electron chi connectivity index (χ3n) is 3.64. The second-order valence-electron chi connectivity index (χ2n) is 4.99. The van der Waals surface area contributed by atoms with Crippen LogP contribution in [0.2, 0.25) is 5.02 Å². The Balaban J connectivity index is 2.54. The number of aromatic nitrogens is 1. The average Bonchev–Trinajstić information content (AvgIpc) is 2.49. The molecule has 0 aliphatic heterocycles. The Hall–Kier alpha value is -2.59. The first-order valence-corrected chi connectivity index (χ1v) is 7.08. The maximum absolute atomic E-state index is 12.8. The Morgan fingerprint density at radius 1 is 1.09 bits per heavy atom. The van der Waals surface area contributed by atoms with Gasteiger partial charge in [0.1, 0.15) is 0 Å². The largest absolute Gasteiger partial charge is 0.366 e. The number of benzene rings is 2. The van der Waals surface area contributed by atoms with Crippen LogP contribution in [0.4, 0.5) is 0 Å². The standard InChI is InChI=1S/C17H13ClN2O2/c1-10-15(16(19)21)13-8-7-11(18)9-14(13)17(22)20(10)12-5-3-2-4-6-12/h2-9H,1H3,(H2,19,21). The summed E-state index contributed by atoms with van der Waals surface area (Å²) in [4.78, 5) is 24.7. The summed E-state index contributed by atoms with van der Waals surface area (Å²) in [6, 6.07) is 14.0. The van der Waals surface area contributed by atoms with Crippen LogP contribution in [0.25, 0.3) is 16.5 Å². The van der Waals surface area contributed by atoms with Crippen molar-refractivity contribution in [3.8, 4) is 5.69 Å². The van der Waals surface area contributed by atoms with E-state index in [1.165, 1.54) is 4.57 Å². The second kappa shape index (κ2) is 5.31. The van der Waals surface area contributed by atoms with Gasteiger partial charge >= 0.3 is 0 Å². The highest BCUT2D eigenvalue weighted by molar-refractivity contribution is 6.31. The number of carbonyl (C=O) groups excluding carboxylic acids is 1. The van der Waals surface area contributed by atoms with Gasteiger partial charge in [-0.3, -0.25) is 14.2 Å². The molecule has 0 bridgehead atoms. The molecule has 3 aromatic rings. The minimum Gasteiger partial charge on any atom is -0.366 e. The fraction of sp³-hybridized carbons (Fsp3) is 0.0588. The molecule has 110 valence electrons. The Kier molecular flexibility index (Phi) is 3.47. The van der Waals surface area contributed by atoms with Crippen LogP contribution in [-0.4, -0.2) is 10.5 Å². The summed E-state index contributed by atoms with van der Waals surface area (Å²) in [5.74, 6) is -0.575. The van der Waals surface area contributed by atoms with Crippen molar-refractivity contribution in [2.45, 2.75) is 6.92 Å². The van der Waals surface area contributed by atoms with Crippen LogP contribution in [0.5, 0.6) is 0 Å². The number of rotatable bonds is 2. The van der Waals surface area contributed by atoms with E-state index < -0.39 is 5.91 Å². The van der Waals surface area contributed by atoms with Crippen LogP contribution in [0.15, 0.2) is 53.3 Å². The van der Waals surface area contributed by atoms with Crippen LogP contribution in [0.3, 0.4) is 0 Å². The smallest absolute Gasteiger partial charge is 0.263 e. The lowest BCUT2D eigenvalue weighted by atomic mass is 10.0. The minimum absolute atomic E-state index is 0.230. The predicted octanol–water partition coefficient (Wildman–Crippen LogP) is 3.05. The summed E-state index contributed by atoms with van der Waals surface area (Å²) in [5.41, 5.74) is 6.81. The Morgan fingerprint density at radius 3 is 2.41 bits per heavy atom. The molecule has 0 unspecified atom stereocenters. The van der Waals surface area contributed by atoms with Gasteiger partial charge in [0.15, 0.2) is 0 Å². The summed E-state index contributed by atoms with van der Waals surface area (Å²) in [6.07, 6.45) is 0. The summed E-state index contributed by atoms with van der Waals surface area (Å²) >= 11 is 6.00. The molecule has 1 aromatic heterocycles. The normalized spacial score (nSPS) is 10.8. The van der Waals surface area contributed by atoms with Crippen molar-refractivity contribution >= 4 is 28.3 Å². The van der Waals surface area contributed by atoms with Gasteiger partial charge in [-0.1, -0.05) is 35.9 Å². The van der Waals surface area contributed by atoms with Crippen molar-refractivity contribution in [1.82, 2.24) is 4.57 Å². The van der Waals surface area contributed by atoms with Gasteiger partial charge in [-0.05, 0) is 31.2 Å². The van der Waals surface area contributed by atoms with E-state index in [4.69, 9.17) is 17.3 Å². The third-order valence-corrected chi connectivity index (χ3v) is 3.88. The number of para-hydroxylation sites is 1. The van der Waals surface area contributed by atoms with E-state index in [0.29, 0.717) is 32.7 Å². The number of nitrogens with zero attached hydrogens (tertiary/aromatic N) is 1. The van der Waals surface area contributed by atoms with Gasteiger partial charge in [0, 0.05) is 27.2 Å². The fourth-order valence-corrected chi connectivity index (χ4v) is 2.86.